The average Bonchev–Trinajstić information content (AvgIpc) is 3.56. The first-order valence-corrected chi connectivity index (χ1v) is 11.1. The van der Waals surface area contributed by atoms with Crippen LogP contribution in [-0.4, -0.2) is 21.3 Å². The number of rotatable bonds is 8. The fourth-order valence-corrected chi connectivity index (χ4v) is 3.71. The zero-order chi connectivity index (χ0) is 21.9. The van der Waals surface area contributed by atoms with Crippen molar-refractivity contribution < 1.29 is 9.26 Å². The van der Waals surface area contributed by atoms with Gasteiger partial charge in [0.05, 0.1) is 13.2 Å². The average molecular weight is 428 g/mol. The molecule has 6 heteroatoms. The van der Waals surface area contributed by atoms with Crippen LogP contribution < -0.4 is 10.3 Å². The fourth-order valence-electron chi connectivity index (χ4n) is 3.71. The maximum Gasteiger partial charge on any atom is 0.258 e. The number of nitrogens with zero attached hydrogens (tertiary/aromatic N) is 3. The van der Waals surface area contributed by atoms with E-state index in [1.165, 1.54) is 24.5 Å². The highest BCUT2D eigenvalue weighted by atomic mass is 16.5. The Kier molecular flexibility index (Phi) is 5.58. The summed E-state index contributed by atoms with van der Waals surface area (Å²) in [7, 11) is 0. The largest absolute Gasteiger partial charge is 0.494 e. The van der Waals surface area contributed by atoms with E-state index in [0.29, 0.717) is 30.8 Å². The minimum atomic E-state index is -0.0898. The van der Waals surface area contributed by atoms with Crippen LogP contribution in [0, 0.1) is 0 Å². The van der Waals surface area contributed by atoms with Crippen LogP contribution in [0.3, 0.4) is 0 Å². The van der Waals surface area contributed by atoms with E-state index in [4.69, 9.17) is 9.26 Å². The molecule has 0 aliphatic heterocycles. The van der Waals surface area contributed by atoms with Crippen LogP contribution in [0.2, 0.25) is 0 Å². The molecule has 0 spiro atoms. The lowest BCUT2D eigenvalue weighted by molar-refractivity contribution is 0.317. The summed E-state index contributed by atoms with van der Waals surface area (Å²) in [5, 5.41) is 4.14. The second-order valence-electron chi connectivity index (χ2n) is 8.20. The summed E-state index contributed by atoms with van der Waals surface area (Å²) in [6.45, 7) is 3.17. The first-order valence-electron chi connectivity index (χ1n) is 11.1. The van der Waals surface area contributed by atoms with Crippen molar-refractivity contribution >= 4 is 0 Å². The van der Waals surface area contributed by atoms with E-state index in [-0.39, 0.29) is 5.56 Å². The van der Waals surface area contributed by atoms with Gasteiger partial charge in [0.15, 0.2) is 0 Å². The Morgan fingerprint density at radius 2 is 1.88 bits per heavy atom. The Labute approximate surface area is 186 Å². The van der Waals surface area contributed by atoms with E-state index < -0.39 is 0 Å². The third kappa shape index (κ3) is 4.49. The fraction of sp³-hybridized carbons (Fsp3) is 0.269. The lowest BCUT2D eigenvalue weighted by Gasteiger charge is -2.09. The van der Waals surface area contributed by atoms with Gasteiger partial charge in [-0.3, -0.25) is 4.79 Å². The summed E-state index contributed by atoms with van der Waals surface area (Å²) < 4.78 is 12.9. The van der Waals surface area contributed by atoms with Gasteiger partial charge >= 0.3 is 0 Å². The molecule has 2 heterocycles. The minimum Gasteiger partial charge on any atom is -0.494 e. The molecule has 2 aromatic heterocycles. The van der Waals surface area contributed by atoms with Crippen LogP contribution in [-0.2, 0) is 6.54 Å². The standard InChI is InChI=1S/C26H25N3O3/c1-2-14-31-23-5-3-4-18(15-23)16-29-17-22(12-13-24(29)30)25-27-26(32-28-25)21-10-8-20(9-11-21)19-6-7-19/h3-5,8-13,15,17,19H,2,6-7,14,16H2,1H3. The molecule has 32 heavy (non-hydrogen) atoms. The maximum absolute atomic E-state index is 12.5. The maximum atomic E-state index is 12.5. The Bertz CT molecular complexity index is 1270. The predicted octanol–water partition coefficient (Wildman–Crippen LogP) is 5.28. The number of pyridine rings is 1. The van der Waals surface area contributed by atoms with Gasteiger partial charge in [-0.2, -0.15) is 4.98 Å². The van der Waals surface area contributed by atoms with Crippen molar-refractivity contribution in [3.8, 4) is 28.6 Å². The Balaban J connectivity index is 1.36. The molecule has 162 valence electrons. The minimum absolute atomic E-state index is 0.0898. The van der Waals surface area contributed by atoms with Gasteiger partial charge < -0.3 is 13.8 Å². The molecule has 1 fully saturated rings. The van der Waals surface area contributed by atoms with Crippen molar-refractivity contribution in [2.75, 3.05) is 6.61 Å². The predicted molar refractivity (Wildman–Crippen MR) is 123 cm³/mol. The van der Waals surface area contributed by atoms with Gasteiger partial charge in [0.2, 0.25) is 5.82 Å². The van der Waals surface area contributed by atoms with Gasteiger partial charge in [0, 0.05) is 23.4 Å². The number of benzene rings is 2. The first kappa shape index (κ1) is 20.2. The second-order valence-corrected chi connectivity index (χ2v) is 8.20. The molecule has 5 rings (SSSR count). The van der Waals surface area contributed by atoms with E-state index in [0.717, 1.165) is 28.9 Å². The Morgan fingerprint density at radius 1 is 1.06 bits per heavy atom. The van der Waals surface area contributed by atoms with Gasteiger partial charge in [0.25, 0.3) is 11.4 Å². The molecule has 0 radical (unpaired) electrons. The molecule has 4 aromatic rings. The van der Waals surface area contributed by atoms with Gasteiger partial charge in [-0.1, -0.05) is 36.3 Å². The highest BCUT2D eigenvalue weighted by molar-refractivity contribution is 5.59. The first-order chi connectivity index (χ1) is 15.7. The zero-order valence-corrected chi connectivity index (χ0v) is 18.0. The summed E-state index contributed by atoms with van der Waals surface area (Å²) in [6.07, 6.45) is 5.27. The van der Waals surface area contributed by atoms with Crippen molar-refractivity contribution in [1.82, 2.24) is 14.7 Å². The summed E-state index contributed by atoms with van der Waals surface area (Å²) in [6, 6.07) is 19.4. The van der Waals surface area contributed by atoms with Gasteiger partial charge in [-0.05, 0) is 66.6 Å². The molecular weight excluding hydrogens is 402 g/mol. The molecule has 6 nitrogen and oxygen atoms in total. The molecule has 2 aromatic carbocycles. The number of aromatic nitrogens is 3. The lowest BCUT2D eigenvalue weighted by atomic mass is 10.1. The summed E-state index contributed by atoms with van der Waals surface area (Å²) in [5.41, 5.74) is 3.89. The smallest absolute Gasteiger partial charge is 0.258 e. The van der Waals surface area contributed by atoms with E-state index in [1.54, 1.807) is 16.8 Å². The molecule has 1 saturated carbocycles. The molecule has 1 aliphatic rings. The molecule has 0 atom stereocenters. The second kappa shape index (κ2) is 8.83. The van der Waals surface area contributed by atoms with Crippen molar-refractivity contribution in [1.29, 1.82) is 0 Å². The number of hydrogen-bond donors (Lipinski definition) is 0. The number of hydrogen-bond acceptors (Lipinski definition) is 5. The van der Waals surface area contributed by atoms with Crippen LogP contribution in [0.1, 0.15) is 43.2 Å². The third-order valence-electron chi connectivity index (χ3n) is 5.60. The summed E-state index contributed by atoms with van der Waals surface area (Å²) in [4.78, 5) is 17.0. The molecule has 0 amide bonds. The summed E-state index contributed by atoms with van der Waals surface area (Å²) >= 11 is 0. The van der Waals surface area contributed by atoms with Gasteiger partial charge in [-0.15, -0.1) is 0 Å². The van der Waals surface area contributed by atoms with Crippen molar-refractivity contribution in [3.63, 3.8) is 0 Å². The molecule has 1 aliphatic carbocycles. The van der Waals surface area contributed by atoms with Crippen LogP contribution in [0.5, 0.6) is 5.75 Å². The van der Waals surface area contributed by atoms with E-state index in [9.17, 15) is 4.79 Å². The molecule has 0 saturated heterocycles. The van der Waals surface area contributed by atoms with Crippen molar-refractivity contribution in [3.05, 3.63) is 88.3 Å². The molecule has 0 unspecified atom stereocenters. The van der Waals surface area contributed by atoms with E-state index in [1.807, 2.05) is 36.4 Å². The van der Waals surface area contributed by atoms with Crippen molar-refractivity contribution in [2.24, 2.45) is 0 Å². The third-order valence-corrected chi connectivity index (χ3v) is 5.60. The SMILES string of the molecule is CCCOc1cccc(Cn2cc(-c3noc(-c4ccc(C5CC5)cc4)n3)ccc2=O)c1. The quantitative estimate of drug-likeness (QED) is 0.383. The molecule has 0 bridgehead atoms. The van der Waals surface area contributed by atoms with Gasteiger partial charge in [0.1, 0.15) is 5.75 Å². The van der Waals surface area contributed by atoms with Gasteiger partial charge in [-0.25, -0.2) is 0 Å². The van der Waals surface area contributed by atoms with Crippen LogP contribution in [0.15, 0.2) is 76.2 Å². The van der Waals surface area contributed by atoms with E-state index >= 15 is 0 Å². The highest BCUT2D eigenvalue weighted by Crippen LogP contribution is 2.40. The Hall–Kier alpha value is -3.67. The monoisotopic (exact) mass is 427 g/mol. The normalized spacial score (nSPS) is 13.3. The number of ether oxygens (including phenoxy) is 1. The Morgan fingerprint density at radius 3 is 2.66 bits per heavy atom. The highest BCUT2D eigenvalue weighted by Gasteiger charge is 2.23. The molecular formula is C26H25N3O3. The van der Waals surface area contributed by atoms with Crippen LogP contribution in [0.25, 0.3) is 22.8 Å². The van der Waals surface area contributed by atoms with Crippen LogP contribution >= 0.6 is 0 Å². The zero-order valence-electron chi connectivity index (χ0n) is 18.0. The van der Waals surface area contributed by atoms with Crippen LogP contribution in [0.4, 0.5) is 0 Å². The van der Waals surface area contributed by atoms with Crippen molar-refractivity contribution in [2.45, 2.75) is 38.6 Å². The lowest BCUT2D eigenvalue weighted by Crippen LogP contribution is -2.19. The topological polar surface area (TPSA) is 70.2 Å². The summed E-state index contributed by atoms with van der Waals surface area (Å²) in [5.74, 6) is 2.45. The molecule has 0 N–H and O–H groups in total. The van der Waals surface area contributed by atoms with E-state index in [2.05, 4.69) is 29.2 Å².